The van der Waals surface area contributed by atoms with Gasteiger partial charge in [0.25, 0.3) is 0 Å². The van der Waals surface area contributed by atoms with Crippen LogP contribution >= 0.6 is 0 Å². The molecule has 7 aromatic carbocycles. The Morgan fingerprint density at radius 3 is 1.24 bits per heavy atom. The van der Waals surface area contributed by atoms with Crippen LogP contribution in [0.2, 0.25) is 0 Å². The summed E-state index contributed by atoms with van der Waals surface area (Å²) in [5, 5.41) is 0. The van der Waals surface area contributed by atoms with Gasteiger partial charge in [-0.2, -0.15) is 0 Å². The molecule has 2 nitrogen and oxygen atoms in total. The van der Waals surface area contributed by atoms with E-state index in [-0.39, 0.29) is 10.8 Å². The maximum atomic E-state index is 2.58. The molecule has 0 saturated heterocycles. The monoisotopic (exact) mass is 873 g/mol. The van der Waals surface area contributed by atoms with Crippen LogP contribution in [0.1, 0.15) is 112 Å². The van der Waals surface area contributed by atoms with Crippen LogP contribution in [-0.2, 0) is 16.2 Å². The first-order valence-electron chi connectivity index (χ1n) is 26.1. The van der Waals surface area contributed by atoms with Gasteiger partial charge in [0.2, 0.25) is 0 Å². The molecule has 0 aliphatic heterocycles. The molecular formula is C65H64N2. The lowest BCUT2D eigenvalue weighted by Crippen LogP contribution is -2.56. The number of nitrogens with zero attached hydrogens (tertiary/aromatic N) is 2. The van der Waals surface area contributed by atoms with E-state index >= 15 is 0 Å². The predicted molar refractivity (Wildman–Crippen MR) is 277 cm³/mol. The Morgan fingerprint density at radius 2 is 0.731 bits per heavy atom. The van der Waals surface area contributed by atoms with E-state index in [9.17, 15) is 0 Å². The van der Waals surface area contributed by atoms with E-state index in [1.807, 2.05) is 0 Å². The molecule has 0 heterocycles. The fourth-order valence-corrected chi connectivity index (χ4v) is 17.1. The number of fused-ring (bicyclic) bond motifs is 3. The van der Waals surface area contributed by atoms with E-state index in [1.54, 1.807) is 5.56 Å². The summed E-state index contributed by atoms with van der Waals surface area (Å²) in [7, 11) is 0. The van der Waals surface area contributed by atoms with E-state index in [0.29, 0.717) is 17.3 Å². The molecule has 0 spiro atoms. The van der Waals surface area contributed by atoms with Crippen LogP contribution in [0.5, 0.6) is 0 Å². The van der Waals surface area contributed by atoms with Crippen molar-refractivity contribution in [3.8, 4) is 11.1 Å². The Balaban J connectivity index is 0.868. The van der Waals surface area contributed by atoms with Crippen molar-refractivity contribution in [2.24, 2.45) is 41.4 Å². The zero-order chi connectivity index (χ0) is 44.5. The lowest BCUT2D eigenvalue weighted by atomic mass is 9.42. The molecule has 9 aliphatic rings. The Morgan fingerprint density at radius 1 is 0.343 bits per heavy atom. The summed E-state index contributed by atoms with van der Waals surface area (Å²) in [4.78, 5) is 4.98. The molecule has 0 unspecified atom stereocenters. The van der Waals surface area contributed by atoms with Crippen molar-refractivity contribution < 1.29 is 0 Å². The molecule has 0 aromatic heterocycles. The van der Waals surface area contributed by atoms with E-state index < -0.39 is 0 Å². The first kappa shape index (κ1) is 40.2. The third-order valence-electron chi connectivity index (χ3n) is 19.3. The van der Waals surface area contributed by atoms with Crippen molar-refractivity contribution in [3.63, 3.8) is 0 Å². The molecule has 7 aromatic rings. The fraction of sp³-hybridized carbons (Fsp3) is 0.354. The Labute approximate surface area is 399 Å². The highest BCUT2D eigenvalue weighted by atomic mass is 15.1. The lowest BCUT2D eigenvalue weighted by Gasteiger charge is -2.62. The molecule has 0 amide bonds. The number of hydrogen-bond acceptors (Lipinski definition) is 2. The maximum Gasteiger partial charge on any atom is 0.0465 e. The summed E-state index contributed by atoms with van der Waals surface area (Å²) in [6.07, 6.45) is 15.5. The highest BCUT2D eigenvalue weighted by Gasteiger charge is 2.58. The van der Waals surface area contributed by atoms with Crippen LogP contribution < -0.4 is 9.80 Å². The van der Waals surface area contributed by atoms with Gasteiger partial charge in [-0.25, -0.2) is 0 Å². The van der Waals surface area contributed by atoms with Gasteiger partial charge in [-0.1, -0.05) is 117 Å². The smallest absolute Gasteiger partial charge is 0.0465 e. The van der Waals surface area contributed by atoms with Crippen LogP contribution in [-0.4, -0.2) is 0 Å². The van der Waals surface area contributed by atoms with Gasteiger partial charge in [0.15, 0.2) is 0 Å². The van der Waals surface area contributed by atoms with Gasteiger partial charge in [0, 0.05) is 45.0 Å². The molecule has 8 saturated carbocycles. The topological polar surface area (TPSA) is 6.48 Å². The van der Waals surface area contributed by atoms with E-state index in [2.05, 4.69) is 200 Å². The van der Waals surface area contributed by atoms with E-state index in [1.165, 1.54) is 138 Å². The number of benzene rings is 7. The van der Waals surface area contributed by atoms with Crippen molar-refractivity contribution in [1.29, 1.82) is 0 Å². The van der Waals surface area contributed by atoms with Gasteiger partial charge in [0.1, 0.15) is 0 Å². The number of rotatable bonds is 9. The summed E-state index contributed by atoms with van der Waals surface area (Å²) in [6, 6.07) is 68.1. The van der Waals surface area contributed by atoms with Crippen LogP contribution in [0.4, 0.5) is 34.1 Å². The average Bonchev–Trinajstić information content (AvgIpc) is 3.58. The molecular weight excluding hydrogens is 809 g/mol. The molecule has 67 heavy (non-hydrogen) atoms. The first-order valence-corrected chi connectivity index (χ1v) is 26.1. The van der Waals surface area contributed by atoms with Gasteiger partial charge in [-0.15, -0.1) is 0 Å². The Kier molecular flexibility index (Phi) is 9.05. The summed E-state index contributed by atoms with van der Waals surface area (Å²) < 4.78 is 0. The predicted octanol–water partition coefficient (Wildman–Crippen LogP) is 17.1. The van der Waals surface area contributed by atoms with Crippen LogP contribution in [0.15, 0.2) is 176 Å². The lowest BCUT2D eigenvalue weighted by molar-refractivity contribution is -0.0418. The second-order valence-electron chi connectivity index (χ2n) is 23.3. The molecule has 16 rings (SSSR count). The van der Waals surface area contributed by atoms with Gasteiger partial charge < -0.3 is 9.80 Å². The molecule has 8 fully saturated rings. The minimum absolute atomic E-state index is 0.00249. The van der Waals surface area contributed by atoms with Gasteiger partial charge in [0.05, 0.1) is 0 Å². The summed E-state index contributed by atoms with van der Waals surface area (Å²) in [5.74, 6) is 5.90. The highest BCUT2D eigenvalue weighted by molar-refractivity contribution is 5.86. The average molecular weight is 873 g/mol. The van der Waals surface area contributed by atoms with Crippen molar-refractivity contribution >= 4 is 34.1 Å². The first-order chi connectivity index (χ1) is 32.8. The van der Waals surface area contributed by atoms with Gasteiger partial charge in [-0.05, 0) is 229 Å². The number of para-hydroxylation sites is 2. The number of anilines is 6. The second kappa shape index (κ2) is 15.1. The van der Waals surface area contributed by atoms with Crippen molar-refractivity contribution in [2.45, 2.75) is 101 Å². The molecule has 2 heteroatoms. The molecule has 0 N–H and O–H groups in total. The molecule has 9 aliphatic carbocycles. The van der Waals surface area contributed by atoms with Crippen LogP contribution in [0.25, 0.3) is 11.1 Å². The third kappa shape index (κ3) is 6.20. The Bertz CT molecular complexity index is 2860. The maximum absolute atomic E-state index is 2.58. The van der Waals surface area contributed by atoms with Gasteiger partial charge >= 0.3 is 0 Å². The largest absolute Gasteiger partial charge is 0.311 e. The quantitative estimate of drug-likeness (QED) is 0.143. The van der Waals surface area contributed by atoms with Gasteiger partial charge in [-0.3, -0.25) is 0 Å². The minimum atomic E-state index is -0.0690. The van der Waals surface area contributed by atoms with E-state index in [4.69, 9.17) is 0 Å². The molecule has 0 atom stereocenters. The third-order valence-corrected chi connectivity index (χ3v) is 19.3. The highest BCUT2D eigenvalue weighted by Crippen LogP contribution is 2.66. The summed E-state index contributed by atoms with van der Waals surface area (Å²) >= 11 is 0. The van der Waals surface area contributed by atoms with E-state index in [0.717, 1.165) is 29.6 Å². The van der Waals surface area contributed by atoms with Crippen molar-refractivity contribution in [3.05, 3.63) is 204 Å². The summed E-state index contributed by atoms with van der Waals surface area (Å²) in [5.41, 5.74) is 17.9. The molecule has 8 bridgehead atoms. The second-order valence-corrected chi connectivity index (χ2v) is 23.3. The minimum Gasteiger partial charge on any atom is -0.311 e. The normalized spacial score (nSPS) is 30.0. The zero-order valence-corrected chi connectivity index (χ0v) is 39.5. The number of hydrogen-bond donors (Lipinski definition) is 0. The van der Waals surface area contributed by atoms with Crippen LogP contribution in [0, 0.1) is 41.4 Å². The van der Waals surface area contributed by atoms with Crippen molar-refractivity contribution in [1.82, 2.24) is 0 Å². The van der Waals surface area contributed by atoms with Crippen molar-refractivity contribution in [2.75, 3.05) is 9.80 Å². The molecule has 334 valence electrons. The SMILES string of the molecule is CC1(C)c2ccccc2-c2ccc(N(c3ccc(C45CC6CC(CC(C6)C4)C5)cc3)c3ccc(C4(c5ccc(N(c6ccccc6)c6ccccc6)cc5)C5CC6CC(C5)CC4C6)cc3)cc21. The fourth-order valence-electron chi connectivity index (χ4n) is 17.1. The molecule has 0 radical (unpaired) electrons. The summed E-state index contributed by atoms with van der Waals surface area (Å²) in [6.45, 7) is 4.83. The van der Waals surface area contributed by atoms with Crippen LogP contribution in [0.3, 0.4) is 0 Å². The Hall–Kier alpha value is -5.86. The standard InChI is InChI=1S/C65H64N2/c1-63(2)61-16-10-9-15-59(61)60-30-29-58(39-62(60)63)67(56-23-17-48(18-24-56)64-40-45-32-46(41-64)34-47(33-45)42-64)57-27-21-50(22-28-57)65(51-35-43-31-44(37-51)38-52(65)36-43)49-19-25-55(26-20-49)66(53-11-5-3-6-12-53)54-13-7-4-8-14-54/h3-30,39,43-47,51-52H,31-38,40-42H2,1-2H3. The zero-order valence-electron chi connectivity index (χ0n) is 39.5.